The van der Waals surface area contributed by atoms with E-state index < -0.39 is 0 Å². The van der Waals surface area contributed by atoms with Crippen LogP contribution in [0.15, 0.2) is 55.0 Å². The van der Waals surface area contributed by atoms with Gasteiger partial charge >= 0.3 is 0 Å². The number of H-pyrrole nitrogens is 1. The minimum Gasteiger partial charge on any atom is -0.398 e. The Morgan fingerprint density at radius 1 is 1.04 bits per heavy atom. The van der Waals surface area contributed by atoms with E-state index in [0.717, 1.165) is 40.9 Å². The lowest BCUT2D eigenvalue weighted by Crippen LogP contribution is -2.04. The number of aryl methyl sites for hydroxylation is 3. The fraction of sp³-hybridized carbons (Fsp3) is 0.238. The predicted molar refractivity (Wildman–Crippen MR) is 101 cm³/mol. The summed E-state index contributed by atoms with van der Waals surface area (Å²) in [5.74, 6) is 0.183. The molecule has 0 fully saturated rings. The van der Waals surface area contributed by atoms with E-state index in [-0.39, 0.29) is 5.78 Å². The fourth-order valence-corrected chi connectivity index (χ4v) is 3.08. The van der Waals surface area contributed by atoms with Crippen LogP contribution >= 0.6 is 0 Å². The van der Waals surface area contributed by atoms with Crippen molar-refractivity contribution in [3.8, 4) is 11.3 Å². The van der Waals surface area contributed by atoms with Crippen LogP contribution in [0.3, 0.4) is 0 Å². The normalized spacial score (nSPS) is 10.8. The molecule has 0 saturated heterocycles. The van der Waals surface area contributed by atoms with Crippen molar-refractivity contribution in [1.29, 1.82) is 0 Å². The maximum absolute atomic E-state index is 11.4. The monoisotopic (exact) mass is 333 g/mol. The molecule has 3 rings (SSSR count). The topological polar surface area (TPSA) is 71.8 Å². The molecule has 3 aromatic rings. The van der Waals surface area contributed by atoms with Crippen molar-refractivity contribution in [2.45, 2.75) is 32.6 Å². The number of imidazole rings is 1. The lowest BCUT2D eigenvalue weighted by atomic mass is 9.93. The first kappa shape index (κ1) is 17.0. The van der Waals surface area contributed by atoms with Crippen molar-refractivity contribution in [2.75, 3.05) is 5.73 Å². The van der Waals surface area contributed by atoms with Gasteiger partial charge in [0.05, 0.1) is 18.2 Å². The number of carbonyl (C=O) groups is 1. The molecule has 0 radical (unpaired) electrons. The van der Waals surface area contributed by atoms with E-state index in [1.54, 1.807) is 19.4 Å². The van der Waals surface area contributed by atoms with Crippen LogP contribution in [0.5, 0.6) is 0 Å². The highest BCUT2D eigenvalue weighted by Gasteiger charge is 2.14. The number of rotatable bonds is 7. The summed E-state index contributed by atoms with van der Waals surface area (Å²) in [5, 5.41) is 0. The van der Waals surface area contributed by atoms with Crippen molar-refractivity contribution in [2.24, 2.45) is 0 Å². The zero-order chi connectivity index (χ0) is 17.6. The van der Waals surface area contributed by atoms with E-state index in [9.17, 15) is 4.79 Å². The van der Waals surface area contributed by atoms with E-state index in [1.807, 2.05) is 6.07 Å². The molecular weight excluding hydrogens is 310 g/mol. The average Bonchev–Trinajstić information content (AvgIpc) is 3.14. The van der Waals surface area contributed by atoms with E-state index in [2.05, 4.69) is 46.4 Å². The molecule has 4 nitrogen and oxygen atoms in total. The standard InChI is InChI=1S/C21H23N3O/c1-15(25)7-9-17-11-12-18(10-8-16-5-3-2-4-6-16)21(22)20(17)19-13-23-14-24-19/h2-6,11-14H,7-10,22H2,1H3,(H,23,24). The Balaban J connectivity index is 1.90. The number of carbonyl (C=O) groups excluding carboxylic acids is 1. The van der Waals surface area contributed by atoms with Gasteiger partial charge in [0.2, 0.25) is 0 Å². The first-order valence-electron chi connectivity index (χ1n) is 8.57. The molecule has 0 aliphatic heterocycles. The first-order valence-corrected chi connectivity index (χ1v) is 8.57. The number of nitrogens with one attached hydrogen (secondary N) is 1. The van der Waals surface area contributed by atoms with Crippen LogP contribution in [0.4, 0.5) is 5.69 Å². The van der Waals surface area contributed by atoms with Crippen molar-refractivity contribution in [1.82, 2.24) is 9.97 Å². The number of nitrogens with two attached hydrogens (primary N) is 1. The Kier molecular flexibility index (Phi) is 5.29. The summed E-state index contributed by atoms with van der Waals surface area (Å²) in [6, 6.07) is 14.6. The van der Waals surface area contributed by atoms with Crippen LogP contribution in [0.25, 0.3) is 11.3 Å². The van der Waals surface area contributed by atoms with Crippen LogP contribution in [0.2, 0.25) is 0 Å². The third kappa shape index (κ3) is 4.15. The van der Waals surface area contributed by atoms with Gasteiger partial charge in [-0.05, 0) is 42.9 Å². The predicted octanol–water partition coefficient (Wildman–Crippen LogP) is 3.97. The van der Waals surface area contributed by atoms with Crippen molar-refractivity contribution >= 4 is 11.5 Å². The van der Waals surface area contributed by atoms with Gasteiger partial charge in [0.15, 0.2) is 0 Å². The summed E-state index contributed by atoms with van der Waals surface area (Å²) in [4.78, 5) is 18.6. The molecule has 0 saturated carbocycles. The largest absolute Gasteiger partial charge is 0.398 e. The minimum atomic E-state index is 0.183. The number of hydrogen-bond acceptors (Lipinski definition) is 3. The molecule has 1 heterocycles. The highest BCUT2D eigenvalue weighted by molar-refractivity contribution is 5.81. The number of nitrogen functional groups attached to an aromatic ring is 1. The van der Waals surface area contributed by atoms with Crippen LogP contribution in [-0.4, -0.2) is 15.8 Å². The fourth-order valence-electron chi connectivity index (χ4n) is 3.08. The first-order chi connectivity index (χ1) is 12.1. The Morgan fingerprint density at radius 3 is 2.48 bits per heavy atom. The zero-order valence-corrected chi connectivity index (χ0v) is 14.5. The molecule has 3 N–H and O–H groups in total. The third-order valence-corrected chi connectivity index (χ3v) is 4.46. The SMILES string of the molecule is CC(=O)CCc1ccc(CCc2ccccc2)c(N)c1-c1cnc[nH]1. The Bertz CT molecular complexity index is 839. The number of aromatic nitrogens is 2. The molecule has 0 aliphatic rings. The summed E-state index contributed by atoms with van der Waals surface area (Å²) < 4.78 is 0. The van der Waals surface area contributed by atoms with Crippen molar-refractivity contribution < 1.29 is 4.79 Å². The third-order valence-electron chi connectivity index (χ3n) is 4.46. The van der Waals surface area contributed by atoms with E-state index in [1.165, 1.54) is 5.56 Å². The van der Waals surface area contributed by atoms with Crippen molar-refractivity contribution in [3.63, 3.8) is 0 Å². The molecule has 2 aromatic carbocycles. The Morgan fingerprint density at radius 2 is 1.80 bits per heavy atom. The second kappa shape index (κ2) is 7.79. The number of benzene rings is 2. The molecule has 25 heavy (non-hydrogen) atoms. The van der Waals surface area contributed by atoms with Gasteiger partial charge in [-0.25, -0.2) is 4.98 Å². The number of Topliss-reactive ketones (excluding diaryl/α,β-unsaturated/α-hetero) is 1. The van der Waals surface area contributed by atoms with Crippen LogP contribution < -0.4 is 5.73 Å². The quantitative estimate of drug-likeness (QED) is 0.643. The number of ketones is 1. The summed E-state index contributed by atoms with van der Waals surface area (Å²) >= 11 is 0. The second-order valence-corrected chi connectivity index (χ2v) is 6.33. The highest BCUT2D eigenvalue weighted by Crippen LogP contribution is 2.32. The number of anilines is 1. The molecule has 0 spiro atoms. The zero-order valence-electron chi connectivity index (χ0n) is 14.5. The number of nitrogens with zero attached hydrogens (tertiary/aromatic N) is 1. The summed E-state index contributed by atoms with van der Waals surface area (Å²) in [7, 11) is 0. The van der Waals surface area contributed by atoms with Crippen LogP contribution in [0, 0.1) is 0 Å². The average molecular weight is 333 g/mol. The Labute approximate surface area is 148 Å². The smallest absolute Gasteiger partial charge is 0.130 e. The van der Waals surface area contributed by atoms with Gasteiger partial charge in [-0.2, -0.15) is 0 Å². The van der Waals surface area contributed by atoms with Gasteiger partial charge < -0.3 is 15.5 Å². The summed E-state index contributed by atoms with van der Waals surface area (Å²) in [5.41, 5.74) is 12.7. The number of aromatic amines is 1. The molecule has 4 heteroatoms. The molecule has 0 unspecified atom stereocenters. The van der Waals surface area contributed by atoms with Crippen LogP contribution in [0.1, 0.15) is 30.0 Å². The summed E-state index contributed by atoms with van der Waals surface area (Å²) in [6.07, 6.45) is 6.46. The highest BCUT2D eigenvalue weighted by atomic mass is 16.1. The second-order valence-electron chi connectivity index (χ2n) is 6.33. The summed E-state index contributed by atoms with van der Waals surface area (Å²) in [6.45, 7) is 1.62. The van der Waals surface area contributed by atoms with Gasteiger partial charge in [-0.1, -0.05) is 42.5 Å². The van der Waals surface area contributed by atoms with E-state index in [4.69, 9.17) is 5.73 Å². The minimum absolute atomic E-state index is 0.183. The maximum atomic E-state index is 11.4. The lowest BCUT2D eigenvalue weighted by molar-refractivity contribution is -0.116. The lowest BCUT2D eigenvalue weighted by Gasteiger charge is -2.15. The Hall–Kier alpha value is -2.88. The van der Waals surface area contributed by atoms with E-state index in [0.29, 0.717) is 12.8 Å². The molecule has 0 amide bonds. The molecule has 1 aromatic heterocycles. The molecule has 128 valence electrons. The molecule has 0 bridgehead atoms. The van der Waals surface area contributed by atoms with Gasteiger partial charge in [0, 0.05) is 17.7 Å². The van der Waals surface area contributed by atoms with E-state index >= 15 is 0 Å². The van der Waals surface area contributed by atoms with Gasteiger partial charge in [0.25, 0.3) is 0 Å². The van der Waals surface area contributed by atoms with Gasteiger partial charge in [-0.3, -0.25) is 0 Å². The molecular formula is C21H23N3O. The molecule has 0 atom stereocenters. The van der Waals surface area contributed by atoms with Gasteiger partial charge in [-0.15, -0.1) is 0 Å². The van der Waals surface area contributed by atoms with Crippen molar-refractivity contribution in [3.05, 3.63) is 71.7 Å². The van der Waals surface area contributed by atoms with Gasteiger partial charge in [0.1, 0.15) is 5.78 Å². The number of hydrogen-bond donors (Lipinski definition) is 2. The molecule has 0 aliphatic carbocycles. The van der Waals surface area contributed by atoms with Crippen LogP contribution in [-0.2, 0) is 24.1 Å². The maximum Gasteiger partial charge on any atom is 0.130 e.